The molecule has 3 rings (SSSR count). The molecule has 0 bridgehead atoms. The van der Waals surface area contributed by atoms with E-state index in [1.165, 1.54) is 0 Å². The van der Waals surface area contributed by atoms with Gasteiger partial charge in [-0.15, -0.1) is 0 Å². The highest BCUT2D eigenvalue weighted by Crippen LogP contribution is 2.21. The number of aryl methyl sites for hydroxylation is 2. The number of hydrogen-bond acceptors (Lipinski definition) is 5. The fourth-order valence-electron chi connectivity index (χ4n) is 3.50. The number of sulfonamides is 1. The highest BCUT2D eigenvalue weighted by Gasteiger charge is 2.22. The van der Waals surface area contributed by atoms with Crippen LogP contribution in [-0.2, 0) is 19.6 Å². The van der Waals surface area contributed by atoms with E-state index in [0.717, 1.165) is 17.7 Å². The predicted octanol–water partition coefficient (Wildman–Crippen LogP) is 1.25. The Bertz CT molecular complexity index is 1150. The number of hydrogen-bond donors (Lipinski definition) is 3. The maximum Gasteiger partial charge on any atom is 0.251 e. The van der Waals surface area contributed by atoms with Crippen LogP contribution >= 0.6 is 0 Å². The molecule has 9 nitrogen and oxygen atoms in total. The Labute approximate surface area is 193 Å². The van der Waals surface area contributed by atoms with Gasteiger partial charge < -0.3 is 15.5 Å². The fraction of sp³-hybridized carbons (Fsp3) is 0.348. The molecule has 2 aromatic rings. The Balaban J connectivity index is 1.41. The van der Waals surface area contributed by atoms with Gasteiger partial charge in [0.15, 0.2) is 0 Å². The lowest BCUT2D eigenvalue weighted by Crippen LogP contribution is -2.40. The molecule has 1 aliphatic rings. The average Bonchev–Trinajstić information content (AvgIpc) is 3.22. The summed E-state index contributed by atoms with van der Waals surface area (Å²) < 4.78 is 27.4. The van der Waals surface area contributed by atoms with Gasteiger partial charge in [-0.05, 0) is 61.7 Å². The van der Waals surface area contributed by atoms with E-state index < -0.39 is 21.8 Å². The van der Waals surface area contributed by atoms with Crippen molar-refractivity contribution in [3.63, 3.8) is 0 Å². The number of amides is 3. The summed E-state index contributed by atoms with van der Waals surface area (Å²) in [4.78, 5) is 37.9. The maximum atomic E-state index is 12.4. The van der Waals surface area contributed by atoms with E-state index in [1.54, 1.807) is 48.2 Å². The standard InChI is InChI=1S/C23H28N4O5S/c1-16-5-6-17(2)20(14-16)33(31,32)26-12-11-24-21(28)15-25-23(30)18-7-9-19(10-8-18)27-13-3-4-22(27)29/h5-10,14,26H,3-4,11-13,15H2,1-2H3,(H,24,28)(H,25,30). The summed E-state index contributed by atoms with van der Waals surface area (Å²) in [6, 6.07) is 11.8. The zero-order chi connectivity index (χ0) is 24.0. The normalized spacial score (nSPS) is 13.8. The van der Waals surface area contributed by atoms with Gasteiger partial charge in [-0.3, -0.25) is 14.4 Å². The minimum Gasteiger partial charge on any atom is -0.353 e. The molecule has 2 aromatic carbocycles. The molecule has 0 aliphatic carbocycles. The van der Waals surface area contributed by atoms with Gasteiger partial charge in [-0.25, -0.2) is 13.1 Å². The van der Waals surface area contributed by atoms with Crippen LogP contribution < -0.4 is 20.3 Å². The first-order valence-corrected chi connectivity index (χ1v) is 12.2. The van der Waals surface area contributed by atoms with E-state index in [4.69, 9.17) is 0 Å². The molecule has 33 heavy (non-hydrogen) atoms. The largest absolute Gasteiger partial charge is 0.353 e. The van der Waals surface area contributed by atoms with Crippen molar-refractivity contribution in [2.24, 2.45) is 0 Å². The zero-order valence-corrected chi connectivity index (χ0v) is 19.5. The summed E-state index contributed by atoms with van der Waals surface area (Å²) in [5.41, 5.74) is 2.60. The van der Waals surface area contributed by atoms with Gasteiger partial charge in [0.1, 0.15) is 0 Å². The van der Waals surface area contributed by atoms with Gasteiger partial charge in [0, 0.05) is 37.3 Å². The lowest BCUT2D eigenvalue weighted by atomic mass is 10.2. The Hall–Kier alpha value is -3.24. The number of nitrogens with one attached hydrogen (secondary N) is 3. The minimum absolute atomic E-state index is 0.0199. The summed E-state index contributed by atoms with van der Waals surface area (Å²) >= 11 is 0. The quantitative estimate of drug-likeness (QED) is 0.474. The molecule has 1 saturated heterocycles. The molecule has 0 aromatic heterocycles. The van der Waals surface area contributed by atoms with Crippen LogP contribution in [0.3, 0.4) is 0 Å². The van der Waals surface area contributed by atoms with E-state index in [0.29, 0.717) is 24.1 Å². The summed E-state index contributed by atoms with van der Waals surface area (Å²) in [5, 5.41) is 5.09. The number of rotatable bonds is 9. The van der Waals surface area contributed by atoms with Crippen LogP contribution in [0.1, 0.15) is 34.3 Å². The molecule has 0 saturated carbocycles. The van der Waals surface area contributed by atoms with Crippen molar-refractivity contribution in [3.8, 4) is 0 Å². The number of benzene rings is 2. The summed E-state index contributed by atoms with van der Waals surface area (Å²) in [6.07, 6.45) is 1.35. The van der Waals surface area contributed by atoms with E-state index in [9.17, 15) is 22.8 Å². The Morgan fingerprint density at radius 2 is 1.73 bits per heavy atom. The average molecular weight is 473 g/mol. The first kappa shape index (κ1) is 24.4. The van der Waals surface area contributed by atoms with E-state index in [2.05, 4.69) is 15.4 Å². The molecule has 1 heterocycles. The Kier molecular flexibility index (Phi) is 7.83. The number of carbonyl (C=O) groups excluding carboxylic acids is 3. The molecular formula is C23H28N4O5S. The van der Waals surface area contributed by atoms with Crippen molar-refractivity contribution in [1.82, 2.24) is 15.4 Å². The third-order valence-corrected chi connectivity index (χ3v) is 6.90. The van der Waals surface area contributed by atoms with Crippen molar-refractivity contribution in [3.05, 3.63) is 59.2 Å². The van der Waals surface area contributed by atoms with Crippen molar-refractivity contribution >= 4 is 33.4 Å². The van der Waals surface area contributed by atoms with Crippen LogP contribution in [0.2, 0.25) is 0 Å². The van der Waals surface area contributed by atoms with Crippen molar-refractivity contribution in [2.45, 2.75) is 31.6 Å². The van der Waals surface area contributed by atoms with Gasteiger partial charge in [0.05, 0.1) is 11.4 Å². The second-order valence-electron chi connectivity index (χ2n) is 7.90. The number of anilines is 1. The Morgan fingerprint density at radius 1 is 1.00 bits per heavy atom. The van der Waals surface area contributed by atoms with Crippen molar-refractivity contribution in [2.75, 3.05) is 31.1 Å². The van der Waals surface area contributed by atoms with Crippen LogP contribution in [0.15, 0.2) is 47.4 Å². The highest BCUT2D eigenvalue weighted by molar-refractivity contribution is 7.89. The van der Waals surface area contributed by atoms with E-state index in [1.807, 2.05) is 13.0 Å². The summed E-state index contributed by atoms with van der Waals surface area (Å²) in [7, 11) is -3.68. The van der Waals surface area contributed by atoms with Gasteiger partial charge in [0.25, 0.3) is 5.91 Å². The van der Waals surface area contributed by atoms with Gasteiger partial charge in [-0.2, -0.15) is 0 Å². The van der Waals surface area contributed by atoms with E-state index in [-0.39, 0.29) is 30.4 Å². The number of nitrogens with zero attached hydrogens (tertiary/aromatic N) is 1. The smallest absolute Gasteiger partial charge is 0.251 e. The molecule has 0 radical (unpaired) electrons. The highest BCUT2D eigenvalue weighted by atomic mass is 32.2. The van der Waals surface area contributed by atoms with Crippen LogP contribution in [0.25, 0.3) is 0 Å². The molecule has 10 heteroatoms. The molecule has 1 aliphatic heterocycles. The van der Waals surface area contributed by atoms with Crippen LogP contribution in [0.5, 0.6) is 0 Å². The topological polar surface area (TPSA) is 125 Å². The first-order chi connectivity index (χ1) is 15.7. The molecule has 0 unspecified atom stereocenters. The van der Waals surface area contributed by atoms with Crippen molar-refractivity contribution in [1.29, 1.82) is 0 Å². The number of carbonyl (C=O) groups is 3. The molecule has 1 fully saturated rings. The van der Waals surface area contributed by atoms with Crippen LogP contribution in [0, 0.1) is 13.8 Å². The van der Waals surface area contributed by atoms with Gasteiger partial charge >= 0.3 is 0 Å². The fourth-order valence-corrected chi connectivity index (χ4v) is 4.86. The molecule has 176 valence electrons. The van der Waals surface area contributed by atoms with Crippen LogP contribution in [0.4, 0.5) is 5.69 Å². The second-order valence-corrected chi connectivity index (χ2v) is 9.63. The SMILES string of the molecule is Cc1ccc(C)c(S(=O)(=O)NCCNC(=O)CNC(=O)c2ccc(N3CCCC3=O)cc2)c1. The molecule has 0 spiro atoms. The lowest BCUT2D eigenvalue weighted by Gasteiger charge is -2.15. The van der Waals surface area contributed by atoms with Gasteiger partial charge in [0.2, 0.25) is 21.8 Å². The summed E-state index contributed by atoms with van der Waals surface area (Å²) in [6.45, 7) is 4.07. The Morgan fingerprint density at radius 3 is 2.39 bits per heavy atom. The zero-order valence-electron chi connectivity index (χ0n) is 18.7. The van der Waals surface area contributed by atoms with Crippen molar-refractivity contribution < 1.29 is 22.8 Å². The van der Waals surface area contributed by atoms with Crippen LogP contribution in [-0.4, -0.2) is 52.3 Å². The molecule has 3 amide bonds. The summed E-state index contributed by atoms with van der Waals surface area (Å²) in [5.74, 6) is -0.783. The molecular weight excluding hydrogens is 444 g/mol. The second kappa shape index (κ2) is 10.6. The first-order valence-electron chi connectivity index (χ1n) is 10.7. The maximum absolute atomic E-state index is 12.4. The third kappa shape index (κ3) is 6.39. The predicted molar refractivity (Wildman–Crippen MR) is 124 cm³/mol. The third-order valence-electron chi connectivity index (χ3n) is 5.30. The minimum atomic E-state index is -3.68. The molecule has 0 atom stereocenters. The molecule has 3 N–H and O–H groups in total. The van der Waals surface area contributed by atoms with Gasteiger partial charge in [-0.1, -0.05) is 12.1 Å². The monoisotopic (exact) mass is 472 g/mol. The van der Waals surface area contributed by atoms with E-state index >= 15 is 0 Å². The lowest BCUT2D eigenvalue weighted by molar-refractivity contribution is -0.120.